The smallest absolute Gasteiger partial charge is 0.300 e. The maximum atomic E-state index is 13.1. The molecule has 0 radical (unpaired) electrons. The highest BCUT2D eigenvalue weighted by molar-refractivity contribution is 9.10. The van der Waals surface area contributed by atoms with Crippen LogP contribution in [0.15, 0.2) is 70.7 Å². The fourth-order valence-corrected chi connectivity index (χ4v) is 4.50. The van der Waals surface area contributed by atoms with Crippen LogP contribution in [0.2, 0.25) is 10.0 Å². The molecule has 2 N–H and O–H groups in total. The van der Waals surface area contributed by atoms with Crippen LogP contribution >= 0.6 is 39.1 Å². The number of aliphatic hydroxyl groups excluding tert-OH is 1. The van der Waals surface area contributed by atoms with E-state index in [1.165, 1.54) is 35.2 Å². The second-order valence-corrected chi connectivity index (χ2v) is 9.08. The number of amides is 1. The number of phenolic OH excluding ortho intramolecular Hbond substituents is 1. The number of aliphatic hydroxyl groups is 1. The molecule has 0 aromatic heterocycles. The van der Waals surface area contributed by atoms with Gasteiger partial charge in [-0.3, -0.25) is 14.5 Å². The maximum Gasteiger partial charge on any atom is 0.300 e. The lowest BCUT2D eigenvalue weighted by atomic mass is 9.94. The second kappa shape index (κ2) is 8.62. The number of aromatic hydroxyl groups is 1. The van der Waals surface area contributed by atoms with Crippen molar-refractivity contribution in [1.29, 1.82) is 0 Å². The van der Waals surface area contributed by atoms with E-state index in [0.29, 0.717) is 16.8 Å². The molecule has 3 aromatic rings. The first-order valence-corrected chi connectivity index (χ1v) is 11.0. The molecule has 0 bridgehead atoms. The van der Waals surface area contributed by atoms with Crippen LogP contribution in [-0.4, -0.2) is 21.9 Å². The molecule has 1 heterocycles. The van der Waals surface area contributed by atoms with Gasteiger partial charge in [-0.15, -0.1) is 0 Å². The summed E-state index contributed by atoms with van der Waals surface area (Å²) in [6, 6.07) is 14.8. The Labute approximate surface area is 202 Å². The molecule has 1 saturated heterocycles. The molecular weight excluding hydrogens is 517 g/mol. The molecule has 5 nitrogen and oxygen atoms in total. The van der Waals surface area contributed by atoms with Crippen LogP contribution in [0.1, 0.15) is 22.7 Å². The van der Waals surface area contributed by atoms with Gasteiger partial charge in [-0.2, -0.15) is 0 Å². The third kappa shape index (κ3) is 4.01. The van der Waals surface area contributed by atoms with Crippen molar-refractivity contribution >= 4 is 62.3 Å². The number of hydrogen-bond donors (Lipinski definition) is 2. The summed E-state index contributed by atoms with van der Waals surface area (Å²) < 4.78 is 0.840. The highest BCUT2D eigenvalue weighted by atomic mass is 79.9. The highest BCUT2D eigenvalue weighted by Gasteiger charge is 2.47. The summed E-state index contributed by atoms with van der Waals surface area (Å²) in [6.07, 6.45) is 0. The first kappa shape index (κ1) is 22.4. The predicted octanol–water partition coefficient (Wildman–Crippen LogP) is 6.40. The fraction of sp³-hybridized carbons (Fsp3) is 0.0833. The number of rotatable bonds is 3. The summed E-state index contributed by atoms with van der Waals surface area (Å²) in [4.78, 5) is 27.5. The van der Waals surface area contributed by atoms with Crippen LogP contribution in [0.4, 0.5) is 5.69 Å². The molecule has 32 heavy (non-hydrogen) atoms. The van der Waals surface area contributed by atoms with Gasteiger partial charge < -0.3 is 10.2 Å². The largest absolute Gasteiger partial charge is 0.508 e. The average Bonchev–Trinajstić information content (AvgIpc) is 3.00. The normalized spacial score (nSPS) is 17.8. The van der Waals surface area contributed by atoms with Gasteiger partial charge in [0.05, 0.1) is 11.6 Å². The Kier molecular flexibility index (Phi) is 6.03. The van der Waals surface area contributed by atoms with E-state index >= 15 is 0 Å². The molecule has 1 atom stereocenters. The van der Waals surface area contributed by atoms with Gasteiger partial charge in [0.2, 0.25) is 0 Å². The van der Waals surface area contributed by atoms with Crippen molar-refractivity contribution in [3.05, 3.63) is 97.4 Å². The summed E-state index contributed by atoms with van der Waals surface area (Å²) >= 11 is 15.7. The molecule has 1 aliphatic heterocycles. The van der Waals surface area contributed by atoms with Gasteiger partial charge in [0.25, 0.3) is 11.7 Å². The lowest BCUT2D eigenvalue weighted by Crippen LogP contribution is -2.29. The Hall–Kier alpha value is -2.80. The number of nitrogens with zero attached hydrogens (tertiary/aromatic N) is 1. The summed E-state index contributed by atoms with van der Waals surface area (Å²) in [5, 5.41) is 21.8. The quantitative estimate of drug-likeness (QED) is 0.232. The van der Waals surface area contributed by atoms with Crippen molar-refractivity contribution in [1.82, 2.24) is 0 Å². The zero-order chi connectivity index (χ0) is 23.2. The summed E-state index contributed by atoms with van der Waals surface area (Å²) in [5.41, 5.74) is 1.87. The number of benzene rings is 3. The standard InChI is InChI=1S/C24H16BrCl2NO4/c1-12-7-14(5-6-19(12)25)22(30)20-21(13-3-2-4-18(29)8-13)28(24(32)23(20)31)17-10-15(26)9-16(27)11-17/h2-11,21,29-30H,1H3/b22-20+. The molecule has 162 valence electrons. The zero-order valence-electron chi connectivity index (χ0n) is 16.6. The topological polar surface area (TPSA) is 77.8 Å². The molecule has 0 saturated carbocycles. The minimum Gasteiger partial charge on any atom is -0.508 e. The SMILES string of the molecule is Cc1cc(/C(O)=C2\C(=O)C(=O)N(c3cc(Cl)cc(Cl)c3)C2c2cccc(O)c2)ccc1Br. The van der Waals surface area contributed by atoms with Crippen LogP contribution in [0.25, 0.3) is 5.76 Å². The van der Waals surface area contributed by atoms with E-state index in [1.54, 1.807) is 30.3 Å². The number of Topliss-reactive ketones (excluding diaryl/α,β-unsaturated/α-hetero) is 1. The molecule has 1 unspecified atom stereocenters. The molecule has 0 spiro atoms. The minimum atomic E-state index is -0.999. The van der Waals surface area contributed by atoms with E-state index in [-0.39, 0.29) is 27.1 Å². The van der Waals surface area contributed by atoms with Crippen LogP contribution in [0.3, 0.4) is 0 Å². The van der Waals surface area contributed by atoms with Gasteiger partial charge in [0.1, 0.15) is 11.5 Å². The lowest BCUT2D eigenvalue weighted by Gasteiger charge is -2.26. The van der Waals surface area contributed by atoms with Crippen molar-refractivity contribution in [2.75, 3.05) is 4.90 Å². The third-order valence-electron chi connectivity index (χ3n) is 5.19. The summed E-state index contributed by atoms with van der Waals surface area (Å²) in [5.74, 6) is -2.06. The molecule has 3 aromatic carbocycles. The Balaban J connectivity index is 1.99. The minimum absolute atomic E-state index is 0.0447. The number of phenols is 1. The summed E-state index contributed by atoms with van der Waals surface area (Å²) in [7, 11) is 0. The number of aryl methyl sites for hydroxylation is 1. The lowest BCUT2D eigenvalue weighted by molar-refractivity contribution is -0.132. The number of halogens is 3. The van der Waals surface area contributed by atoms with Gasteiger partial charge >= 0.3 is 0 Å². The molecular formula is C24H16BrCl2NO4. The van der Waals surface area contributed by atoms with E-state index < -0.39 is 17.7 Å². The zero-order valence-corrected chi connectivity index (χ0v) is 19.7. The number of hydrogen-bond acceptors (Lipinski definition) is 4. The molecule has 8 heteroatoms. The fourth-order valence-electron chi connectivity index (χ4n) is 3.73. The van der Waals surface area contributed by atoms with E-state index in [1.807, 2.05) is 6.92 Å². The third-order valence-corrected chi connectivity index (χ3v) is 6.51. The predicted molar refractivity (Wildman–Crippen MR) is 128 cm³/mol. The summed E-state index contributed by atoms with van der Waals surface area (Å²) in [6.45, 7) is 1.85. The maximum absolute atomic E-state index is 13.1. The van der Waals surface area contributed by atoms with E-state index in [0.717, 1.165) is 10.0 Å². The monoisotopic (exact) mass is 531 g/mol. The number of carbonyl (C=O) groups is 2. The highest BCUT2D eigenvalue weighted by Crippen LogP contribution is 2.44. The van der Waals surface area contributed by atoms with Gasteiger partial charge in [0, 0.05) is 25.8 Å². The van der Waals surface area contributed by atoms with E-state index in [9.17, 15) is 19.8 Å². The van der Waals surface area contributed by atoms with Gasteiger partial charge in [-0.1, -0.05) is 57.3 Å². The Morgan fingerprint density at radius 3 is 2.31 bits per heavy atom. The molecule has 0 aliphatic carbocycles. The van der Waals surface area contributed by atoms with Gasteiger partial charge in [0.15, 0.2) is 0 Å². The molecule has 1 aliphatic rings. The molecule has 1 amide bonds. The number of carbonyl (C=O) groups excluding carboxylic acids is 2. The van der Waals surface area contributed by atoms with Crippen molar-refractivity contribution < 1.29 is 19.8 Å². The van der Waals surface area contributed by atoms with E-state index in [2.05, 4.69) is 15.9 Å². The first-order valence-electron chi connectivity index (χ1n) is 9.50. The Morgan fingerprint density at radius 1 is 1.00 bits per heavy atom. The van der Waals surface area contributed by atoms with Crippen molar-refractivity contribution in [2.24, 2.45) is 0 Å². The van der Waals surface area contributed by atoms with Crippen LogP contribution in [0.5, 0.6) is 5.75 Å². The number of ketones is 1. The van der Waals surface area contributed by atoms with Crippen molar-refractivity contribution in [2.45, 2.75) is 13.0 Å². The average molecular weight is 533 g/mol. The molecule has 1 fully saturated rings. The second-order valence-electron chi connectivity index (χ2n) is 7.36. The van der Waals surface area contributed by atoms with Crippen molar-refractivity contribution in [3.63, 3.8) is 0 Å². The van der Waals surface area contributed by atoms with Gasteiger partial charge in [-0.25, -0.2) is 0 Å². The first-order chi connectivity index (χ1) is 15.2. The van der Waals surface area contributed by atoms with Gasteiger partial charge in [-0.05, 0) is 60.5 Å². The molecule has 4 rings (SSSR count). The van der Waals surface area contributed by atoms with E-state index in [4.69, 9.17) is 23.2 Å². The number of anilines is 1. The van der Waals surface area contributed by atoms with Crippen LogP contribution < -0.4 is 4.90 Å². The Morgan fingerprint density at radius 2 is 1.69 bits per heavy atom. The van der Waals surface area contributed by atoms with Crippen molar-refractivity contribution in [3.8, 4) is 5.75 Å². The Bertz CT molecular complexity index is 1280. The van der Waals surface area contributed by atoms with Crippen LogP contribution in [-0.2, 0) is 9.59 Å². The van der Waals surface area contributed by atoms with Crippen LogP contribution in [0, 0.1) is 6.92 Å².